The highest BCUT2D eigenvalue weighted by Gasteiger charge is 2.39. The second kappa shape index (κ2) is 5.65. The van der Waals surface area contributed by atoms with Crippen LogP contribution in [0.4, 0.5) is 10.1 Å². The molecule has 2 atom stereocenters. The van der Waals surface area contributed by atoms with Gasteiger partial charge in [-0.15, -0.1) is 0 Å². The predicted octanol–water partition coefficient (Wildman–Crippen LogP) is 0.442. The summed E-state index contributed by atoms with van der Waals surface area (Å²) in [5.41, 5.74) is 5.26. The number of rotatable bonds is 4. The number of hydrogen-bond donors (Lipinski definition) is 1. The number of methoxy groups -OCH3 is 2. The first-order valence-corrected chi connectivity index (χ1v) is 7.45. The maximum Gasteiger partial charge on any atom is 0.243 e. The minimum atomic E-state index is -3.79. The Morgan fingerprint density at radius 2 is 1.80 bits per heavy atom. The Hall–Kier alpha value is -1.22. The summed E-state index contributed by atoms with van der Waals surface area (Å²) in [6.07, 6.45) is -0.679. The Bertz CT molecular complexity index is 581. The van der Waals surface area contributed by atoms with Crippen LogP contribution >= 0.6 is 0 Å². The molecule has 1 aliphatic heterocycles. The van der Waals surface area contributed by atoms with E-state index >= 15 is 0 Å². The van der Waals surface area contributed by atoms with E-state index in [1.807, 2.05) is 0 Å². The fourth-order valence-corrected chi connectivity index (χ4v) is 3.65. The van der Waals surface area contributed by atoms with Crippen molar-refractivity contribution in [3.63, 3.8) is 0 Å². The summed E-state index contributed by atoms with van der Waals surface area (Å²) >= 11 is 0. The van der Waals surface area contributed by atoms with Gasteiger partial charge in [0.15, 0.2) is 0 Å². The van der Waals surface area contributed by atoms with Crippen molar-refractivity contribution in [2.24, 2.45) is 0 Å². The molecule has 0 saturated carbocycles. The number of sulfonamides is 1. The number of ether oxygens (including phenoxy) is 2. The van der Waals surface area contributed by atoms with Crippen LogP contribution in [0.1, 0.15) is 0 Å². The molecule has 0 bridgehead atoms. The fourth-order valence-electron chi connectivity index (χ4n) is 2.18. The third kappa shape index (κ3) is 2.64. The lowest BCUT2D eigenvalue weighted by molar-refractivity contribution is -0.00461. The molecule has 0 amide bonds. The van der Waals surface area contributed by atoms with E-state index in [1.54, 1.807) is 0 Å². The summed E-state index contributed by atoms with van der Waals surface area (Å²) in [4.78, 5) is -0.129. The maximum absolute atomic E-state index is 13.4. The molecule has 1 aliphatic rings. The number of nitrogen functional groups attached to an aromatic ring is 1. The molecule has 0 radical (unpaired) electrons. The van der Waals surface area contributed by atoms with Gasteiger partial charge in [-0.1, -0.05) is 0 Å². The quantitative estimate of drug-likeness (QED) is 0.816. The van der Waals surface area contributed by atoms with Crippen molar-refractivity contribution >= 4 is 15.7 Å². The van der Waals surface area contributed by atoms with Crippen LogP contribution in [0.25, 0.3) is 0 Å². The molecule has 2 rings (SSSR count). The van der Waals surface area contributed by atoms with E-state index in [0.29, 0.717) is 0 Å². The lowest BCUT2D eigenvalue weighted by Crippen LogP contribution is -2.30. The summed E-state index contributed by atoms with van der Waals surface area (Å²) < 4.78 is 49.9. The van der Waals surface area contributed by atoms with E-state index in [1.165, 1.54) is 30.7 Å². The zero-order valence-electron chi connectivity index (χ0n) is 11.2. The first-order chi connectivity index (χ1) is 9.40. The van der Waals surface area contributed by atoms with Gasteiger partial charge in [0.25, 0.3) is 0 Å². The first kappa shape index (κ1) is 15.2. The Labute approximate surface area is 117 Å². The highest BCUT2D eigenvalue weighted by Crippen LogP contribution is 2.25. The van der Waals surface area contributed by atoms with Crippen LogP contribution in [0, 0.1) is 5.82 Å². The van der Waals surface area contributed by atoms with Crippen molar-refractivity contribution < 1.29 is 22.3 Å². The third-order valence-corrected chi connectivity index (χ3v) is 5.22. The Morgan fingerprint density at radius 3 is 2.25 bits per heavy atom. The summed E-state index contributed by atoms with van der Waals surface area (Å²) in [5.74, 6) is -0.753. The second-order valence-electron chi connectivity index (χ2n) is 4.55. The average Bonchev–Trinajstić information content (AvgIpc) is 2.85. The predicted molar refractivity (Wildman–Crippen MR) is 71.2 cm³/mol. The number of nitrogens with two attached hydrogens (primary N) is 1. The summed E-state index contributed by atoms with van der Waals surface area (Å²) in [5, 5.41) is 0. The Balaban J connectivity index is 2.29. The number of anilines is 1. The molecule has 8 heteroatoms. The van der Waals surface area contributed by atoms with Crippen molar-refractivity contribution in [3.8, 4) is 0 Å². The SMILES string of the molecule is COC1CN(S(=O)(=O)c2ccc(N)c(F)c2)CC1OC. The largest absolute Gasteiger partial charge is 0.396 e. The number of benzene rings is 1. The highest BCUT2D eigenvalue weighted by atomic mass is 32.2. The Kier molecular flexibility index (Phi) is 4.28. The van der Waals surface area contributed by atoms with Crippen molar-refractivity contribution in [2.75, 3.05) is 33.0 Å². The van der Waals surface area contributed by atoms with Gasteiger partial charge in [-0.05, 0) is 18.2 Å². The van der Waals surface area contributed by atoms with E-state index in [2.05, 4.69) is 0 Å². The van der Waals surface area contributed by atoms with Gasteiger partial charge in [-0.2, -0.15) is 4.31 Å². The zero-order chi connectivity index (χ0) is 14.9. The molecule has 2 unspecified atom stereocenters. The van der Waals surface area contributed by atoms with Crippen LogP contribution in [-0.4, -0.2) is 52.2 Å². The van der Waals surface area contributed by atoms with Crippen LogP contribution < -0.4 is 5.73 Å². The molecule has 0 aromatic heterocycles. The third-order valence-electron chi connectivity index (χ3n) is 3.40. The van der Waals surface area contributed by atoms with Gasteiger partial charge in [0, 0.05) is 27.3 Å². The smallest absolute Gasteiger partial charge is 0.243 e. The molecular formula is C12H17FN2O4S. The lowest BCUT2D eigenvalue weighted by Gasteiger charge is -2.16. The van der Waals surface area contributed by atoms with E-state index in [0.717, 1.165) is 6.07 Å². The van der Waals surface area contributed by atoms with Gasteiger partial charge < -0.3 is 15.2 Å². The summed E-state index contributed by atoms with van der Waals surface area (Å²) in [6, 6.07) is 3.45. The van der Waals surface area contributed by atoms with Gasteiger partial charge in [-0.25, -0.2) is 12.8 Å². The van der Waals surface area contributed by atoms with E-state index in [-0.39, 0.29) is 35.9 Å². The maximum atomic E-state index is 13.4. The number of nitrogens with zero attached hydrogens (tertiary/aromatic N) is 1. The molecule has 1 aromatic rings. The van der Waals surface area contributed by atoms with Crippen molar-refractivity contribution in [3.05, 3.63) is 24.0 Å². The van der Waals surface area contributed by atoms with Crippen LogP contribution in [0.15, 0.2) is 23.1 Å². The Morgan fingerprint density at radius 1 is 1.25 bits per heavy atom. The molecule has 20 heavy (non-hydrogen) atoms. The summed E-state index contributed by atoms with van der Waals surface area (Å²) in [6.45, 7) is 0.340. The molecule has 112 valence electrons. The van der Waals surface area contributed by atoms with Crippen molar-refractivity contribution in [1.29, 1.82) is 0 Å². The molecule has 1 saturated heterocycles. The van der Waals surface area contributed by atoms with Crippen molar-refractivity contribution in [1.82, 2.24) is 4.31 Å². The van der Waals surface area contributed by atoms with E-state index in [9.17, 15) is 12.8 Å². The van der Waals surface area contributed by atoms with E-state index in [4.69, 9.17) is 15.2 Å². The van der Waals surface area contributed by atoms with Crippen LogP contribution in [0.3, 0.4) is 0 Å². The monoisotopic (exact) mass is 304 g/mol. The normalized spacial score (nSPS) is 24.1. The van der Waals surface area contributed by atoms with E-state index < -0.39 is 15.8 Å². The minimum absolute atomic E-state index is 0.0880. The van der Waals surface area contributed by atoms with Gasteiger partial charge in [-0.3, -0.25) is 0 Å². The van der Waals surface area contributed by atoms with Gasteiger partial charge in [0.05, 0.1) is 22.8 Å². The summed E-state index contributed by atoms with van der Waals surface area (Å²) in [7, 11) is -0.795. The molecule has 2 N–H and O–H groups in total. The molecule has 0 aliphatic carbocycles. The molecular weight excluding hydrogens is 287 g/mol. The molecule has 1 heterocycles. The fraction of sp³-hybridized carbons (Fsp3) is 0.500. The molecule has 6 nitrogen and oxygen atoms in total. The molecule has 1 aromatic carbocycles. The standard InChI is InChI=1S/C12H17FN2O4S/c1-18-11-6-15(7-12(11)19-2)20(16,17)8-3-4-10(14)9(13)5-8/h3-5,11-12H,6-7,14H2,1-2H3. The first-order valence-electron chi connectivity index (χ1n) is 6.01. The van der Waals surface area contributed by atoms with Crippen LogP contribution in [-0.2, 0) is 19.5 Å². The highest BCUT2D eigenvalue weighted by molar-refractivity contribution is 7.89. The van der Waals surface area contributed by atoms with Gasteiger partial charge in [0.1, 0.15) is 5.82 Å². The molecule has 0 spiro atoms. The molecule has 1 fully saturated rings. The van der Waals surface area contributed by atoms with Crippen molar-refractivity contribution in [2.45, 2.75) is 17.1 Å². The second-order valence-corrected chi connectivity index (χ2v) is 6.49. The number of halogens is 1. The topological polar surface area (TPSA) is 81.9 Å². The van der Waals surface area contributed by atoms with Crippen LogP contribution in [0.2, 0.25) is 0 Å². The van der Waals surface area contributed by atoms with Gasteiger partial charge in [0.2, 0.25) is 10.0 Å². The average molecular weight is 304 g/mol. The minimum Gasteiger partial charge on any atom is -0.396 e. The van der Waals surface area contributed by atoms with Crippen LogP contribution in [0.5, 0.6) is 0 Å². The lowest BCUT2D eigenvalue weighted by atomic mass is 10.3. The number of hydrogen-bond acceptors (Lipinski definition) is 5. The van der Waals surface area contributed by atoms with Gasteiger partial charge >= 0.3 is 0 Å². The zero-order valence-corrected chi connectivity index (χ0v) is 12.1.